The van der Waals surface area contributed by atoms with E-state index in [9.17, 15) is 5.11 Å². The van der Waals surface area contributed by atoms with E-state index in [2.05, 4.69) is 6.07 Å². The van der Waals surface area contributed by atoms with Crippen molar-refractivity contribution in [1.29, 1.82) is 0 Å². The van der Waals surface area contributed by atoms with E-state index in [1.54, 1.807) is 25.1 Å². The molecule has 1 unspecified atom stereocenters. The molecule has 110 valence electrons. The highest BCUT2D eigenvalue weighted by Crippen LogP contribution is 2.31. The zero-order valence-corrected chi connectivity index (χ0v) is 12.5. The quantitative estimate of drug-likeness (QED) is 0.934. The average molecular weight is 305 g/mol. The maximum Gasteiger partial charge on any atom is 0.137 e. The summed E-state index contributed by atoms with van der Waals surface area (Å²) in [5, 5.41) is 10.4. The van der Waals surface area contributed by atoms with Gasteiger partial charge in [0.25, 0.3) is 0 Å². The van der Waals surface area contributed by atoms with Crippen LogP contribution in [0.3, 0.4) is 0 Å². The Labute approximate surface area is 129 Å². The summed E-state index contributed by atoms with van der Waals surface area (Å²) in [4.78, 5) is 0. The van der Waals surface area contributed by atoms with Gasteiger partial charge in [-0.3, -0.25) is 0 Å². The van der Waals surface area contributed by atoms with Crippen LogP contribution in [-0.4, -0.2) is 17.8 Å². The monoisotopic (exact) mass is 304 g/mol. The molecule has 1 heterocycles. The molecule has 1 aliphatic heterocycles. The van der Waals surface area contributed by atoms with Crippen molar-refractivity contribution < 1.29 is 14.6 Å². The minimum atomic E-state index is -0.625. The summed E-state index contributed by atoms with van der Waals surface area (Å²) in [5.74, 6) is 1.58. The van der Waals surface area contributed by atoms with E-state index in [0.29, 0.717) is 22.9 Å². The number of ether oxygens (including phenoxy) is 2. The summed E-state index contributed by atoms with van der Waals surface area (Å²) in [6, 6.07) is 13.3. The van der Waals surface area contributed by atoms with Crippen LogP contribution in [0.1, 0.15) is 24.2 Å². The molecule has 2 aromatic rings. The van der Waals surface area contributed by atoms with Crippen LogP contribution >= 0.6 is 11.6 Å². The first-order chi connectivity index (χ1) is 10.1. The molecule has 0 bridgehead atoms. The normalized spacial score (nSPS) is 18.0. The maximum absolute atomic E-state index is 9.79. The highest BCUT2D eigenvalue weighted by Gasteiger charge is 2.23. The van der Waals surface area contributed by atoms with Crippen molar-refractivity contribution in [1.82, 2.24) is 0 Å². The van der Waals surface area contributed by atoms with E-state index in [1.807, 2.05) is 18.2 Å². The van der Waals surface area contributed by atoms with Crippen LogP contribution < -0.4 is 9.47 Å². The number of aliphatic hydroxyl groups excluding tert-OH is 1. The van der Waals surface area contributed by atoms with Gasteiger partial charge in [0.1, 0.15) is 24.2 Å². The zero-order valence-electron chi connectivity index (χ0n) is 11.8. The molecule has 1 N–H and O–H groups in total. The Kier molecular flexibility index (Phi) is 4.04. The van der Waals surface area contributed by atoms with E-state index in [-0.39, 0.29) is 6.10 Å². The first-order valence-electron chi connectivity index (χ1n) is 6.98. The van der Waals surface area contributed by atoms with E-state index < -0.39 is 6.10 Å². The summed E-state index contributed by atoms with van der Waals surface area (Å²) in [6.45, 7) is 2.14. The zero-order chi connectivity index (χ0) is 14.8. The minimum absolute atomic E-state index is 0.0000676. The third kappa shape index (κ3) is 3.14. The molecule has 0 saturated carbocycles. The predicted octanol–water partition coefficient (Wildman–Crippen LogP) is 3.78. The summed E-state index contributed by atoms with van der Waals surface area (Å²) in [5.41, 5.74) is 1.90. The van der Waals surface area contributed by atoms with E-state index in [0.717, 1.165) is 12.2 Å². The van der Waals surface area contributed by atoms with Crippen molar-refractivity contribution >= 4 is 11.6 Å². The van der Waals surface area contributed by atoms with Gasteiger partial charge in [-0.1, -0.05) is 29.8 Å². The number of benzene rings is 2. The number of rotatable bonds is 4. The molecule has 21 heavy (non-hydrogen) atoms. The highest BCUT2D eigenvalue weighted by atomic mass is 35.5. The van der Waals surface area contributed by atoms with Gasteiger partial charge in [0.05, 0.1) is 6.10 Å². The Balaban J connectivity index is 1.67. The summed E-state index contributed by atoms with van der Waals surface area (Å²) < 4.78 is 11.7. The SMILES string of the molecule is C[C@H](O)c1cc(Cl)ccc1OCC1Cc2ccccc2O1. The molecule has 0 spiro atoms. The molecular formula is C17H17ClO3. The first-order valence-corrected chi connectivity index (χ1v) is 7.36. The van der Waals surface area contributed by atoms with Gasteiger partial charge in [0.15, 0.2) is 0 Å². The van der Waals surface area contributed by atoms with Crippen LogP contribution in [-0.2, 0) is 6.42 Å². The Morgan fingerprint density at radius 3 is 2.90 bits per heavy atom. The van der Waals surface area contributed by atoms with Crippen molar-refractivity contribution in [3.05, 3.63) is 58.6 Å². The largest absolute Gasteiger partial charge is 0.489 e. The highest BCUT2D eigenvalue weighted by molar-refractivity contribution is 6.30. The summed E-state index contributed by atoms with van der Waals surface area (Å²) >= 11 is 5.96. The Morgan fingerprint density at radius 2 is 2.14 bits per heavy atom. The molecule has 0 fully saturated rings. The number of fused-ring (bicyclic) bond motifs is 1. The van der Waals surface area contributed by atoms with Crippen molar-refractivity contribution in [2.75, 3.05) is 6.61 Å². The van der Waals surface area contributed by atoms with Gasteiger partial charge in [-0.15, -0.1) is 0 Å². The standard InChI is InChI=1S/C17H17ClO3/c1-11(19)15-9-13(18)6-7-17(15)20-10-14-8-12-4-2-3-5-16(12)21-14/h2-7,9,11,14,19H,8,10H2,1H3/t11-,14?/m0/s1. The maximum atomic E-state index is 9.79. The second-order valence-corrected chi connectivity index (χ2v) is 5.66. The van der Waals surface area contributed by atoms with Crippen LogP contribution in [0.25, 0.3) is 0 Å². The Bertz CT molecular complexity index is 615. The molecule has 1 aliphatic rings. The van der Waals surface area contributed by atoms with Crippen LogP contribution in [0.4, 0.5) is 0 Å². The summed E-state index contributed by atoms with van der Waals surface area (Å²) in [6.07, 6.45) is 0.216. The lowest BCUT2D eigenvalue weighted by Crippen LogP contribution is -2.22. The number of hydrogen-bond donors (Lipinski definition) is 1. The first kappa shape index (κ1) is 14.2. The summed E-state index contributed by atoms with van der Waals surface area (Å²) in [7, 11) is 0. The molecule has 0 amide bonds. The molecule has 2 aromatic carbocycles. The van der Waals surface area contributed by atoms with E-state index in [1.165, 1.54) is 5.56 Å². The number of para-hydroxylation sites is 1. The predicted molar refractivity (Wildman–Crippen MR) is 82.1 cm³/mol. The lowest BCUT2D eigenvalue weighted by atomic mass is 10.1. The number of halogens is 1. The van der Waals surface area contributed by atoms with Crippen molar-refractivity contribution in [2.24, 2.45) is 0 Å². The van der Waals surface area contributed by atoms with Crippen molar-refractivity contribution in [3.63, 3.8) is 0 Å². The van der Waals surface area contributed by atoms with E-state index in [4.69, 9.17) is 21.1 Å². The molecule has 3 nitrogen and oxygen atoms in total. The molecular weight excluding hydrogens is 288 g/mol. The van der Waals surface area contributed by atoms with Gasteiger partial charge in [-0.05, 0) is 36.8 Å². The fourth-order valence-electron chi connectivity index (χ4n) is 2.51. The van der Waals surface area contributed by atoms with E-state index >= 15 is 0 Å². The topological polar surface area (TPSA) is 38.7 Å². The van der Waals surface area contributed by atoms with Gasteiger partial charge < -0.3 is 14.6 Å². The number of aliphatic hydroxyl groups is 1. The lowest BCUT2D eigenvalue weighted by molar-refractivity contribution is 0.141. The third-order valence-electron chi connectivity index (χ3n) is 3.56. The van der Waals surface area contributed by atoms with Gasteiger partial charge in [-0.25, -0.2) is 0 Å². The fraction of sp³-hybridized carbons (Fsp3) is 0.294. The molecule has 0 aliphatic carbocycles. The van der Waals surface area contributed by atoms with Crippen LogP contribution in [0.15, 0.2) is 42.5 Å². The molecule has 3 rings (SSSR count). The second kappa shape index (κ2) is 5.96. The molecule has 4 heteroatoms. The van der Waals surface area contributed by atoms with Crippen LogP contribution in [0, 0.1) is 0 Å². The van der Waals surface area contributed by atoms with Crippen LogP contribution in [0.5, 0.6) is 11.5 Å². The number of hydrogen-bond acceptors (Lipinski definition) is 3. The van der Waals surface area contributed by atoms with Crippen molar-refractivity contribution in [2.45, 2.75) is 25.6 Å². The molecule has 2 atom stereocenters. The second-order valence-electron chi connectivity index (χ2n) is 5.22. The van der Waals surface area contributed by atoms with Gasteiger partial charge in [0.2, 0.25) is 0 Å². The van der Waals surface area contributed by atoms with Gasteiger partial charge in [-0.2, -0.15) is 0 Å². The third-order valence-corrected chi connectivity index (χ3v) is 3.80. The molecule has 0 aromatic heterocycles. The van der Waals surface area contributed by atoms with Gasteiger partial charge in [0, 0.05) is 17.0 Å². The molecule has 0 saturated heterocycles. The minimum Gasteiger partial charge on any atom is -0.489 e. The smallest absolute Gasteiger partial charge is 0.137 e. The Morgan fingerprint density at radius 1 is 1.33 bits per heavy atom. The fourth-order valence-corrected chi connectivity index (χ4v) is 2.69. The Hall–Kier alpha value is -1.71. The van der Waals surface area contributed by atoms with Crippen molar-refractivity contribution in [3.8, 4) is 11.5 Å². The average Bonchev–Trinajstić information content (AvgIpc) is 2.88. The van der Waals surface area contributed by atoms with Crippen LogP contribution in [0.2, 0.25) is 5.02 Å². The lowest BCUT2D eigenvalue weighted by Gasteiger charge is -2.16. The van der Waals surface area contributed by atoms with Gasteiger partial charge >= 0.3 is 0 Å². The molecule has 0 radical (unpaired) electrons.